The van der Waals surface area contributed by atoms with Gasteiger partial charge in [-0.25, -0.2) is 12.7 Å². The van der Waals surface area contributed by atoms with Crippen molar-refractivity contribution in [1.82, 2.24) is 14.6 Å². The van der Waals surface area contributed by atoms with Crippen LogP contribution in [0, 0.1) is 6.92 Å². The van der Waals surface area contributed by atoms with E-state index in [0.29, 0.717) is 0 Å². The Bertz CT molecular complexity index is 900. The van der Waals surface area contributed by atoms with Gasteiger partial charge >= 0.3 is 0 Å². The highest BCUT2D eigenvalue weighted by Gasteiger charge is 2.29. The van der Waals surface area contributed by atoms with Gasteiger partial charge in [-0.2, -0.15) is 0 Å². The van der Waals surface area contributed by atoms with Gasteiger partial charge in [0.1, 0.15) is 0 Å². The Morgan fingerprint density at radius 2 is 2.12 bits per heavy atom. The summed E-state index contributed by atoms with van der Waals surface area (Å²) in [5.74, 6) is -0.422. The number of carbonyl (C=O) groups is 1. The monoisotopic (exact) mass is 363 g/mol. The number of nitrogens with one attached hydrogen (secondary N) is 2. The fourth-order valence-corrected chi connectivity index (χ4v) is 4.17. The van der Waals surface area contributed by atoms with E-state index in [1.165, 1.54) is 34.9 Å². The molecule has 1 aromatic carbocycles. The summed E-state index contributed by atoms with van der Waals surface area (Å²) in [6.07, 6.45) is 2.71. The molecule has 1 heterocycles. The Balaban J connectivity index is 1.76. The predicted octanol–water partition coefficient (Wildman–Crippen LogP) is 1.90. The van der Waals surface area contributed by atoms with Gasteiger partial charge in [-0.15, -0.1) is 0 Å². The summed E-state index contributed by atoms with van der Waals surface area (Å²) in [6.45, 7) is 2.20. The van der Waals surface area contributed by atoms with Crippen LogP contribution in [0.3, 0.4) is 0 Å². The Labute approximate surface area is 148 Å². The molecule has 1 aromatic heterocycles. The molecule has 0 spiro atoms. The van der Waals surface area contributed by atoms with Crippen LogP contribution < -0.4 is 5.32 Å². The predicted molar refractivity (Wildman–Crippen MR) is 99.2 cm³/mol. The molecule has 6 nitrogen and oxygen atoms in total. The highest BCUT2D eigenvalue weighted by Crippen LogP contribution is 2.36. The van der Waals surface area contributed by atoms with Crippen LogP contribution in [0.4, 0.5) is 0 Å². The molecule has 25 heavy (non-hydrogen) atoms. The summed E-state index contributed by atoms with van der Waals surface area (Å²) >= 11 is 0. The van der Waals surface area contributed by atoms with Gasteiger partial charge in [0.2, 0.25) is 15.9 Å². The number of H-pyrrole nitrogens is 1. The lowest BCUT2D eigenvalue weighted by atomic mass is 9.86. The maximum atomic E-state index is 12.6. The number of carbonyl (C=O) groups excluding carboxylic acids is 1. The molecule has 0 fully saturated rings. The maximum Gasteiger partial charge on any atom is 0.229 e. The number of fused-ring (bicyclic) bond motifs is 3. The van der Waals surface area contributed by atoms with E-state index in [4.69, 9.17) is 0 Å². The van der Waals surface area contributed by atoms with Crippen molar-refractivity contribution in [3.05, 3.63) is 35.0 Å². The molecule has 0 unspecified atom stereocenters. The second-order valence-corrected chi connectivity index (χ2v) is 9.20. The number of rotatable bonds is 5. The van der Waals surface area contributed by atoms with Crippen molar-refractivity contribution in [2.24, 2.45) is 0 Å². The fourth-order valence-electron chi connectivity index (χ4n) is 3.45. The van der Waals surface area contributed by atoms with Crippen molar-refractivity contribution in [3.63, 3.8) is 0 Å². The van der Waals surface area contributed by atoms with Crippen LogP contribution in [0.5, 0.6) is 0 Å². The molecule has 2 aromatic rings. The Hall–Kier alpha value is -1.86. The lowest BCUT2D eigenvalue weighted by molar-refractivity contribution is -0.122. The molecule has 0 bridgehead atoms. The van der Waals surface area contributed by atoms with Gasteiger partial charge in [0, 0.05) is 37.2 Å². The summed E-state index contributed by atoms with van der Waals surface area (Å²) < 4.78 is 24.8. The van der Waals surface area contributed by atoms with Crippen LogP contribution in [-0.4, -0.2) is 50.0 Å². The van der Waals surface area contributed by atoms with Gasteiger partial charge in [0.25, 0.3) is 0 Å². The smallest absolute Gasteiger partial charge is 0.229 e. The normalized spacial score (nSPS) is 17.7. The van der Waals surface area contributed by atoms with Crippen molar-refractivity contribution in [2.75, 3.05) is 26.4 Å². The SMILES string of the molecule is Cc1ccc2[nH]c3c(c2c1)CCC[C@@H]3C(=O)NCCS(=O)(=O)N(C)C. The molecule has 7 heteroatoms. The molecule has 0 aliphatic heterocycles. The minimum Gasteiger partial charge on any atom is -0.357 e. The van der Waals surface area contributed by atoms with Crippen LogP contribution in [0.15, 0.2) is 18.2 Å². The van der Waals surface area contributed by atoms with E-state index in [9.17, 15) is 13.2 Å². The number of aromatic nitrogens is 1. The highest BCUT2D eigenvalue weighted by atomic mass is 32.2. The van der Waals surface area contributed by atoms with Crippen molar-refractivity contribution >= 4 is 26.8 Å². The van der Waals surface area contributed by atoms with Gasteiger partial charge in [0.15, 0.2) is 0 Å². The molecule has 0 radical (unpaired) electrons. The lowest BCUT2D eigenvalue weighted by Gasteiger charge is -2.22. The van der Waals surface area contributed by atoms with Crippen LogP contribution in [0.2, 0.25) is 0 Å². The van der Waals surface area contributed by atoms with Crippen LogP contribution in [-0.2, 0) is 21.2 Å². The molecule has 0 saturated heterocycles. The second-order valence-electron chi connectivity index (χ2n) is 6.90. The number of aromatic amines is 1. The van der Waals surface area contributed by atoms with Gasteiger partial charge < -0.3 is 10.3 Å². The van der Waals surface area contributed by atoms with E-state index in [1.54, 1.807) is 0 Å². The van der Waals surface area contributed by atoms with E-state index in [-0.39, 0.29) is 24.1 Å². The molecule has 3 rings (SSSR count). The number of benzene rings is 1. The van der Waals surface area contributed by atoms with E-state index in [0.717, 1.165) is 30.5 Å². The van der Waals surface area contributed by atoms with Gasteiger partial charge in [-0.1, -0.05) is 11.6 Å². The first-order valence-electron chi connectivity index (χ1n) is 8.58. The van der Waals surface area contributed by atoms with E-state index in [1.807, 2.05) is 0 Å². The number of hydrogen-bond donors (Lipinski definition) is 2. The first-order chi connectivity index (χ1) is 11.8. The second kappa shape index (κ2) is 6.80. The van der Waals surface area contributed by atoms with Gasteiger partial charge in [-0.05, 0) is 43.9 Å². The minimum atomic E-state index is -3.30. The van der Waals surface area contributed by atoms with Gasteiger partial charge in [0.05, 0.1) is 11.7 Å². The van der Waals surface area contributed by atoms with E-state index in [2.05, 4.69) is 35.4 Å². The topological polar surface area (TPSA) is 82.3 Å². The molecule has 1 atom stereocenters. The summed E-state index contributed by atoms with van der Waals surface area (Å²) in [5.41, 5.74) is 4.48. The van der Waals surface area contributed by atoms with Crippen molar-refractivity contribution in [3.8, 4) is 0 Å². The largest absolute Gasteiger partial charge is 0.357 e. The number of sulfonamides is 1. The molecule has 1 amide bonds. The molecular weight excluding hydrogens is 338 g/mol. The highest BCUT2D eigenvalue weighted by molar-refractivity contribution is 7.89. The van der Waals surface area contributed by atoms with Crippen LogP contribution >= 0.6 is 0 Å². The van der Waals surface area contributed by atoms with E-state index < -0.39 is 10.0 Å². The van der Waals surface area contributed by atoms with Crippen molar-refractivity contribution in [2.45, 2.75) is 32.1 Å². The first kappa shape index (κ1) is 17.9. The summed E-state index contributed by atoms with van der Waals surface area (Å²) in [7, 11) is -0.305. The zero-order valence-electron chi connectivity index (χ0n) is 14.9. The number of aryl methyl sites for hydroxylation is 2. The summed E-state index contributed by atoms with van der Waals surface area (Å²) in [6, 6.07) is 6.28. The third-order valence-electron chi connectivity index (χ3n) is 4.89. The fraction of sp³-hybridized carbons (Fsp3) is 0.500. The average molecular weight is 363 g/mol. The lowest BCUT2D eigenvalue weighted by Crippen LogP contribution is -2.37. The average Bonchev–Trinajstić information content (AvgIpc) is 2.92. The van der Waals surface area contributed by atoms with Crippen molar-refractivity contribution < 1.29 is 13.2 Å². The molecule has 1 aliphatic carbocycles. The number of hydrogen-bond acceptors (Lipinski definition) is 3. The third-order valence-corrected chi connectivity index (χ3v) is 6.73. The number of amides is 1. The van der Waals surface area contributed by atoms with Crippen molar-refractivity contribution in [1.29, 1.82) is 0 Å². The zero-order valence-corrected chi connectivity index (χ0v) is 15.7. The third kappa shape index (κ3) is 3.57. The Morgan fingerprint density at radius 3 is 2.84 bits per heavy atom. The number of nitrogens with zero attached hydrogens (tertiary/aromatic N) is 1. The first-order valence-corrected chi connectivity index (χ1v) is 10.2. The molecule has 136 valence electrons. The Morgan fingerprint density at radius 1 is 1.36 bits per heavy atom. The van der Waals surface area contributed by atoms with E-state index >= 15 is 0 Å². The van der Waals surface area contributed by atoms with Crippen LogP contribution in [0.25, 0.3) is 10.9 Å². The molecule has 1 aliphatic rings. The van der Waals surface area contributed by atoms with Crippen LogP contribution in [0.1, 0.15) is 35.6 Å². The molecular formula is C18H25N3O3S. The minimum absolute atomic E-state index is 0.0861. The molecule has 2 N–H and O–H groups in total. The molecule has 0 saturated carbocycles. The maximum absolute atomic E-state index is 12.6. The van der Waals surface area contributed by atoms with Gasteiger partial charge in [-0.3, -0.25) is 4.79 Å². The standard InChI is InChI=1S/C18H25N3O3S/c1-12-7-8-16-15(11-12)13-5-4-6-14(17(13)20-16)18(22)19-9-10-25(23,24)21(2)3/h7-8,11,14,20H,4-6,9-10H2,1-3H3,(H,19,22)/t14-/m0/s1. The quantitative estimate of drug-likeness (QED) is 0.851. The summed E-state index contributed by atoms with van der Waals surface area (Å²) in [4.78, 5) is 16.0. The zero-order chi connectivity index (χ0) is 18.2. The summed E-state index contributed by atoms with van der Waals surface area (Å²) in [5, 5.41) is 3.99. The Kier molecular flexibility index (Phi) is 4.88.